The third kappa shape index (κ3) is 25.1. The summed E-state index contributed by atoms with van der Waals surface area (Å²) in [5.74, 6) is -2.68. The highest BCUT2D eigenvalue weighted by atomic mass is 16.4. The van der Waals surface area contributed by atoms with Gasteiger partial charge in [0.25, 0.3) is 0 Å². The molecule has 0 radical (unpaired) electrons. The summed E-state index contributed by atoms with van der Waals surface area (Å²) in [6.45, 7) is 2.22. The Labute approximate surface area is 119 Å². The van der Waals surface area contributed by atoms with Crippen molar-refractivity contribution in [3.8, 4) is 0 Å². The molecule has 116 valence electrons. The van der Waals surface area contributed by atoms with E-state index in [0.717, 1.165) is 12.8 Å². The number of aliphatic carboxylic acids is 2. The Morgan fingerprint density at radius 1 is 0.850 bits per heavy atom. The van der Waals surface area contributed by atoms with Crippen molar-refractivity contribution in [2.75, 3.05) is 0 Å². The molecule has 0 spiro atoms. The molecule has 20 heavy (non-hydrogen) atoms. The molecule has 0 aromatic rings. The first-order valence-corrected chi connectivity index (χ1v) is 6.82. The summed E-state index contributed by atoms with van der Waals surface area (Å²) in [6, 6.07) is 0. The zero-order chi connectivity index (χ0) is 15.8. The Morgan fingerprint density at radius 2 is 1.25 bits per heavy atom. The summed E-state index contributed by atoms with van der Waals surface area (Å²) in [5, 5.41) is 15.6. The molecule has 4 N–H and O–H groups in total. The van der Waals surface area contributed by atoms with Crippen LogP contribution in [0.2, 0.25) is 0 Å². The molecule has 0 fully saturated rings. The second-order valence-corrected chi connectivity index (χ2v) is 4.35. The standard InChI is InChI=1S/C10H21NO.C4H4O4/c1-2-3-4-5-6-7-8-9-10(11)12;5-3(6)1-2-4(7)8/h2-9H2,1H3,(H2,11,12);1-2H,(H,5,6)(H,7,8)/b;2-1+. The molecule has 0 aromatic carbocycles. The van der Waals surface area contributed by atoms with Gasteiger partial charge in [0.2, 0.25) is 5.91 Å². The fourth-order valence-corrected chi connectivity index (χ4v) is 1.40. The van der Waals surface area contributed by atoms with E-state index in [1.165, 1.54) is 32.1 Å². The van der Waals surface area contributed by atoms with Crippen LogP contribution in [0.5, 0.6) is 0 Å². The molecule has 6 heteroatoms. The summed E-state index contributed by atoms with van der Waals surface area (Å²) in [7, 11) is 0. The molecule has 0 saturated heterocycles. The van der Waals surface area contributed by atoms with Gasteiger partial charge < -0.3 is 15.9 Å². The number of amides is 1. The molecule has 0 aliphatic heterocycles. The smallest absolute Gasteiger partial charge is 0.328 e. The van der Waals surface area contributed by atoms with Gasteiger partial charge in [-0.2, -0.15) is 0 Å². The van der Waals surface area contributed by atoms with Crippen LogP contribution in [0.4, 0.5) is 0 Å². The molecule has 0 aliphatic carbocycles. The van der Waals surface area contributed by atoms with Gasteiger partial charge in [-0.15, -0.1) is 0 Å². The predicted molar refractivity (Wildman–Crippen MR) is 76.2 cm³/mol. The summed E-state index contributed by atoms with van der Waals surface area (Å²) >= 11 is 0. The zero-order valence-corrected chi connectivity index (χ0v) is 12.0. The lowest BCUT2D eigenvalue weighted by atomic mass is 10.1. The van der Waals surface area contributed by atoms with Crippen LogP contribution in [-0.2, 0) is 14.4 Å². The van der Waals surface area contributed by atoms with E-state index in [-0.39, 0.29) is 5.91 Å². The van der Waals surface area contributed by atoms with Gasteiger partial charge in [0.15, 0.2) is 0 Å². The van der Waals surface area contributed by atoms with Crippen molar-refractivity contribution in [1.82, 2.24) is 0 Å². The zero-order valence-electron chi connectivity index (χ0n) is 12.0. The number of carboxylic acids is 2. The summed E-state index contributed by atoms with van der Waals surface area (Å²) in [6.07, 6.45) is 10.4. The van der Waals surface area contributed by atoms with E-state index < -0.39 is 11.9 Å². The van der Waals surface area contributed by atoms with Crippen LogP contribution in [0.1, 0.15) is 58.3 Å². The van der Waals surface area contributed by atoms with Crippen molar-refractivity contribution in [2.45, 2.75) is 58.3 Å². The summed E-state index contributed by atoms with van der Waals surface area (Å²) in [5.41, 5.74) is 5.02. The van der Waals surface area contributed by atoms with Crippen LogP contribution < -0.4 is 5.73 Å². The van der Waals surface area contributed by atoms with Crippen LogP contribution in [0.15, 0.2) is 12.2 Å². The Morgan fingerprint density at radius 3 is 1.60 bits per heavy atom. The molecule has 0 heterocycles. The van der Waals surface area contributed by atoms with Crippen LogP contribution in [0.3, 0.4) is 0 Å². The second kappa shape index (κ2) is 15.2. The number of unbranched alkanes of at least 4 members (excludes halogenated alkanes) is 6. The minimum Gasteiger partial charge on any atom is -0.478 e. The monoisotopic (exact) mass is 287 g/mol. The molecule has 0 bridgehead atoms. The molecule has 0 unspecified atom stereocenters. The fourth-order valence-electron chi connectivity index (χ4n) is 1.40. The highest BCUT2D eigenvalue weighted by molar-refractivity contribution is 5.89. The van der Waals surface area contributed by atoms with Gasteiger partial charge in [0.1, 0.15) is 0 Å². The largest absolute Gasteiger partial charge is 0.478 e. The van der Waals surface area contributed by atoms with Gasteiger partial charge in [-0.1, -0.05) is 45.4 Å². The quantitative estimate of drug-likeness (QED) is 0.421. The molecular weight excluding hydrogens is 262 g/mol. The van der Waals surface area contributed by atoms with Gasteiger partial charge in [0, 0.05) is 18.6 Å². The molecule has 1 amide bonds. The van der Waals surface area contributed by atoms with Gasteiger partial charge in [-0.05, 0) is 6.42 Å². The number of hydrogen-bond acceptors (Lipinski definition) is 3. The molecule has 0 saturated carbocycles. The minimum atomic E-state index is -1.26. The van der Waals surface area contributed by atoms with E-state index >= 15 is 0 Å². The van der Waals surface area contributed by atoms with Gasteiger partial charge in [-0.3, -0.25) is 4.79 Å². The highest BCUT2D eigenvalue weighted by Gasteiger charge is 1.94. The predicted octanol–water partition coefficient (Wildman–Crippen LogP) is 2.32. The first-order chi connectivity index (χ1) is 9.40. The molecule has 6 nitrogen and oxygen atoms in total. The van der Waals surface area contributed by atoms with E-state index in [1.54, 1.807) is 0 Å². The normalized spacial score (nSPS) is 9.85. The SMILES string of the molecule is CCCCCCCCCC(N)=O.O=C(O)/C=C/C(=O)O. The second-order valence-electron chi connectivity index (χ2n) is 4.35. The van der Waals surface area contributed by atoms with Crippen LogP contribution in [0, 0.1) is 0 Å². The molecule has 0 atom stereocenters. The maximum Gasteiger partial charge on any atom is 0.328 e. The maximum absolute atomic E-state index is 10.4. The molecule has 0 aromatic heterocycles. The number of carbonyl (C=O) groups is 3. The van der Waals surface area contributed by atoms with E-state index in [0.29, 0.717) is 18.6 Å². The lowest BCUT2D eigenvalue weighted by Crippen LogP contribution is -2.09. The topological polar surface area (TPSA) is 118 Å². The molecular formula is C14H25NO5. The number of hydrogen-bond donors (Lipinski definition) is 3. The molecule has 0 aliphatic rings. The number of primary amides is 1. The summed E-state index contributed by atoms with van der Waals surface area (Å²) < 4.78 is 0. The van der Waals surface area contributed by atoms with Crippen molar-refractivity contribution >= 4 is 17.8 Å². The number of carbonyl (C=O) groups excluding carboxylic acids is 1. The lowest BCUT2D eigenvalue weighted by molar-refractivity contribution is -0.134. The average Bonchev–Trinajstić information content (AvgIpc) is 2.36. The fraction of sp³-hybridized carbons (Fsp3) is 0.643. The van der Waals surface area contributed by atoms with Crippen molar-refractivity contribution in [1.29, 1.82) is 0 Å². The third-order valence-electron chi connectivity index (χ3n) is 2.40. The van der Waals surface area contributed by atoms with Gasteiger partial charge in [-0.25, -0.2) is 9.59 Å². The number of carboxylic acid groups (broad SMARTS) is 2. The van der Waals surface area contributed by atoms with E-state index in [4.69, 9.17) is 15.9 Å². The first-order valence-electron chi connectivity index (χ1n) is 6.82. The van der Waals surface area contributed by atoms with Crippen molar-refractivity contribution < 1.29 is 24.6 Å². The van der Waals surface area contributed by atoms with Crippen LogP contribution in [0.25, 0.3) is 0 Å². The number of nitrogens with two attached hydrogens (primary N) is 1. The van der Waals surface area contributed by atoms with E-state index in [9.17, 15) is 14.4 Å². The van der Waals surface area contributed by atoms with Crippen LogP contribution in [-0.4, -0.2) is 28.1 Å². The third-order valence-corrected chi connectivity index (χ3v) is 2.40. The Kier molecular flexibility index (Phi) is 15.6. The van der Waals surface area contributed by atoms with E-state index in [1.807, 2.05) is 0 Å². The van der Waals surface area contributed by atoms with Crippen molar-refractivity contribution in [3.63, 3.8) is 0 Å². The minimum absolute atomic E-state index is 0.163. The molecule has 0 rings (SSSR count). The Hall–Kier alpha value is -1.85. The Bertz CT molecular complexity index is 297. The maximum atomic E-state index is 10.4. The number of rotatable bonds is 10. The van der Waals surface area contributed by atoms with Crippen LogP contribution >= 0.6 is 0 Å². The van der Waals surface area contributed by atoms with Crippen molar-refractivity contribution in [2.24, 2.45) is 5.73 Å². The van der Waals surface area contributed by atoms with Crippen molar-refractivity contribution in [3.05, 3.63) is 12.2 Å². The average molecular weight is 287 g/mol. The van der Waals surface area contributed by atoms with Gasteiger partial charge in [0.05, 0.1) is 0 Å². The first kappa shape index (κ1) is 20.5. The van der Waals surface area contributed by atoms with E-state index in [2.05, 4.69) is 6.92 Å². The highest BCUT2D eigenvalue weighted by Crippen LogP contribution is 2.07. The lowest BCUT2D eigenvalue weighted by Gasteiger charge is -1.98. The summed E-state index contributed by atoms with van der Waals surface area (Å²) in [4.78, 5) is 29.5. The van der Waals surface area contributed by atoms with Gasteiger partial charge >= 0.3 is 11.9 Å². The Balaban J connectivity index is 0.